The minimum atomic E-state index is -1.38. The Hall–Kier alpha value is -2.16. The third kappa shape index (κ3) is 4.67. The van der Waals surface area contributed by atoms with Crippen LogP contribution in [0.4, 0.5) is 0 Å². The minimum Gasteiger partial charge on any atom is -0.468 e. The molecule has 3 atom stereocenters. The molecule has 1 amide bonds. The molecule has 1 saturated heterocycles. The zero-order valence-electron chi connectivity index (χ0n) is 14.2. The van der Waals surface area contributed by atoms with Gasteiger partial charge in [0.2, 0.25) is 5.91 Å². The number of hydrogen-bond donors (Lipinski definition) is 1. The van der Waals surface area contributed by atoms with E-state index < -0.39 is 47.8 Å². The van der Waals surface area contributed by atoms with Crippen LogP contribution in [0.2, 0.25) is 0 Å². The molecule has 136 valence electrons. The molecule has 0 aromatic rings. The number of amides is 1. The summed E-state index contributed by atoms with van der Waals surface area (Å²) in [6.07, 6.45) is 0.605. The van der Waals surface area contributed by atoms with Crippen LogP contribution >= 0.6 is 0 Å². The monoisotopic (exact) mass is 345 g/mol. The molecule has 0 aromatic carbocycles. The summed E-state index contributed by atoms with van der Waals surface area (Å²) in [5.41, 5.74) is 0. The molecule has 0 aromatic heterocycles. The highest BCUT2D eigenvalue weighted by atomic mass is 16.5. The van der Waals surface area contributed by atoms with Gasteiger partial charge in [0.05, 0.1) is 21.3 Å². The normalized spacial score (nSPS) is 19.3. The molecule has 1 fully saturated rings. The second-order valence-corrected chi connectivity index (χ2v) is 5.39. The van der Waals surface area contributed by atoms with Crippen LogP contribution in [0.5, 0.6) is 0 Å². The summed E-state index contributed by atoms with van der Waals surface area (Å²) in [6, 6.07) is -1.23. The Morgan fingerprint density at radius 1 is 1.00 bits per heavy atom. The lowest BCUT2D eigenvalue weighted by Crippen LogP contribution is -2.53. The second kappa shape index (κ2) is 9.21. The van der Waals surface area contributed by atoms with E-state index in [1.165, 1.54) is 6.92 Å². The molecule has 0 spiro atoms. The van der Waals surface area contributed by atoms with Crippen LogP contribution in [-0.2, 0) is 38.1 Å². The van der Waals surface area contributed by atoms with Crippen molar-refractivity contribution in [1.29, 1.82) is 0 Å². The summed E-state index contributed by atoms with van der Waals surface area (Å²) in [4.78, 5) is 48.1. The maximum atomic E-state index is 12.2. The molecule has 1 aliphatic heterocycles. The highest BCUT2D eigenvalue weighted by molar-refractivity contribution is 5.96. The van der Waals surface area contributed by atoms with Crippen molar-refractivity contribution >= 4 is 23.8 Å². The highest BCUT2D eigenvalue weighted by Crippen LogP contribution is 2.21. The van der Waals surface area contributed by atoms with Crippen LogP contribution < -0.4 is 5.32 Å². The lowest BCUT2D eigenvalue weighted by atomic mass is 9.87. The summed E-state index contributed by atoms with van der Waals surface area (Å²) < 4.78 is 19.1. The summed E-state index contributed by atoms with van der Waals surface area (Å²) in [5, 5.41) is 2.49. The minimum absolute atomic E-state index is 0.462. The Balaban J connectivity index is 2.98. The molecule has 0 saturated carbocycles. The molecule has 0 aliphatic carbocycles. The first-order chi connectivity index (χ1) is 11.4. The van der Waals surface area contributed by atoms with E-state index in [4.69, 9.17) is 4.74 Å². The fourth-order valence-electron chi connectivity index (χ4n) is 2.53. The zero-order valence-corrected chi connectivity index (χ0v) is 14.2. The highest BCUT2D eigenvalue weighted by Gasteiger charge is 2.43. The van der Waals surface area contributed by atoms with E-state index in [0.717, 1.165) is 27.8 Å². The fourth-order valence-corrected chi connectivity index (χ4v) is 2.53. The Morgan fingerprint density at radius 2 is 1.54 bits per heavy atom. The maximum Gasteiger partial charge on any atom is 0.328 e. The lowest BCUT2D eigenvalue weighted by Gasteiger charge is -2.27. The average molecular weight is 345 g/mol. The first-order valence-corrected chi connectivity index (χ1v) is 7.52. The first kappa shape index (κ1) is 19.9. The van der Waals surface area contributed by atoms with Crippen molar-refractivity contribution in [2.45, 2.75) is 31.9 Å². The Morgan fingerprint density at radius 3 is 1.96 bits per heavy atom. The third-order valence-electron chi connectivity index (χ3n) is 3.94. The zero-order chi connectivity index (χ0) is 18.3. The summed E-state index contributed by atoms with van der Waals surface area (Å²) in [6.45, 7) is 1.92. The van der Waals surface area contributed by atoms with Crippen molar-refractivity contribution in [3.05, 3.63) is 0 Å². The van der Waals surface area contributed by atoms with Gasteiger partial charge in [-0.3, -0.25) is 14.4 Å². The van der Waals surface area contributed by atoms with Crippen LogP contribution in [0.1, 0.15) is 19.8 Å². The number of ether oxygens (including phenoxy) is 4. The van der Waals surface area contributed by atoms with Gasteiger partial charge in [0.1, 0.15) is 12.1 Å². The smallest absolute Gasteiger partial charge is 0.328 e. The van der Waals surface area contributed by atoms with Gasteiger partial charge < -0.3 is 24.3 Å². The molecule has 0 unspecified atom stereocenters. The molecular weight excluding hydrogens is 322 g/mol. The van der Waals surface area contributed by atoms with Crippen molar-refractivity contribution in [2.24, 2.45) is 11.8 Å². The van der Waals surface area contributed by atoms with Crippen LogP contribution in [0.3, 0.4) is 0 Å². The Bertz CT molecular complexity index is 470. The van der Waals surface area contributed by atoms with Gasteiger partial charge in [-0.25, -0.2) is 4.79 Å². The number of nitrogens with one attached hydrogen (secondary N) is 1. The van der Waals surface area contributed by atoms with Crippen molar-refractivity contribution in [2.75, 3.05) is 27.9 Å². The quantitative estimate of drug-likeness (QED) is 0.370. The van der Waals surface area contributed by atoms with Crippen molar-refractivity contribution in [3.8, 4) is 0 Å². The molecule has 1 rings (SSSR count). The molecule has 24 heavy (non-hydrogen) atoms. The van der Waals surface area contributed by atoms with Gasteiger partial charge in [-0.15, -0.1) is 0 Å². The number of rotatable bonds is 7. The number of methoxy groups -OCH3 is 3. The van der Waals surface area contributed by atoms with Crippen molar-refractivity contribution < 1.29 is 38.1 Å². The van der Waals surface area contributed by atoms with E-state index >= 15 is 0 Å². The Kier molecular flexibility index (Phi) is 7.63. The largest absolute Gasteiger partial charge is 0.468 e. The summed E-state index contributed by atoms with van der Waals surface area (Å²) in [7, 11) is 3.37. The predicted octanol–water partition coefficient (Wildman–Crippen LogP) is -0.578. The molecule has 1 aliphatic rings. The van der Waals surface area contributed by atoms with E-state index in [0.29, 0.717) is 13.0 Å². The predicted molar refractivity (Wildman–Crippen MR) is 79.6 cm³/mol. The summed E-state index contributed by atoms with van der Waals surface area (Å²) >= 11 is 0. The van der Waals surface area contributed by atoms with Crippen LogP contribution in [0.15, 0.2) is 0 Å². The average Bonchev–Trinajstić information content (AvgIpc) is 3.12. The second-order valence-electron chi connectivity index (χ2n) is 5.39. The van der Waals surface area contributed by atoms with Gasteiger partial charge >= 0.3 is 17.9 Å². The van der Waals surface area contributed by atoms with Crippen molar-refractivity contribution in [3.63, 3.8) is 0 Å². The van der Waals surface area contributed by atoms with E-state index in [-0.39, 0.29) is 0 Å². The molecule has 1 heterocycles. The molecule has 0 bridgehead atoms. The topological polar surface area (TPSA) is 117 Å². The standard InChI is InChI=1S/C15H23NO8/c1-8(10(13(18)21-2)14(19)22-3)11(15(20)23-4)16-12(17)9-6-5-7-24-9/h8-11H,5-7H2,1-4H3,(H,16,17)/t8-,9+,11+/m1/s1. The molecular formula is C15H23NO8. The van der Waals surface area contributed by atoms with Gasteiger partial charge in [-0.2, -0.15) is 0 Å². The molecule has 1 N–H and O–H groups in total. The van der Waals surface area contributed by atoms with Gasteiger partial charge in [-0.1, -0.05) is 6.92 Å². The van der Waals surface area contributed by atoms with Gasteiger partial charge in [0, 0.05) is 12.5 Å². The maximum absolute atomic E-state index is 12.2. The van der Waals surface area contributed by atoms with Crippen LogP contribution in [0.25, 0.3) is 0 Å². The van der Waals surface area contributed by atoms with Gasteiger partial charge in [-0.05, 0) is 12.8 Å². The van der Waals surface area contributed by atoms with Crippen LogP contribution in [0, 0.1) is 11.8 Å². The molecule has 9 nitrogen and oxygen atoms in total. The van der Waals surface area contributed by atoms with E-state index in [2.05, 4.69) is 19.5 Å². The third-order valence-corrected chi connectivity index (χ3v) is 3.94. The number of carbonyl (C=O) groups excluding carboxylic acids is 4. The number of hydrogen-bond acceptors (Lipinski definition) is 8. The SMILES string of the molecule is COC(=O)C(C(=O)OC)[C@@H](C)[C@H](NC(=O)[C@@H]1CCCO1)C(=O)OC. The van der Waals surface area contributed by atoms with E-state index in [9.17, 15) is 19.2 Å². The van der Waals surface area contributed by atoms with E-state index in [1.54, 1.807) is 0 Å². The first-order valence-electron chi connectivity index (χ1n) is 7.52. The van der Waals surface area contributed by atoms with E-state index in [1.807, 2.05) is 0 Å². The van der Waals surface area contributed by atoms with Gasteiger partial charge in [0.15, 0.2) is 5.92 Å². The van der Waals surface area contributed by atoms with Crippen molar-refractivity contribution in [1.82, 2.24) is 5.32 Å². The molecule has 9 heteroatoms. The van der Waals surface area contributed by atoms with Crippen LogP contribution in [-0.4, -0.2) is 63.9 Å². The van der Waals surface area contributed by atoms with Gasteiger partial charge in [0.25, 0.3) is 0 Å². The fraction of sp³-hybridized carbons (Fsp3) is 0.733. The number of esters is 3. The lowest BCUT2D eigenvalue weighted by molar-refractivity contribution is -0.163. The molecule has 0 radical (unpaired) electrons. The number of carbonyl (C=O) groups is 4. The Labute approximate surface area is 139 Å². The summed E-state index contributed by atoms with van der Waals surface area (Å²) in [5.74, 6) is -5.34.